The second kappa shape index (κ2) is 10.6. The zero-order valence-electron chi connectivity index (χ0n) is 14.8. The van der Waals surface area contributed by atoms with Crippen LogP contribution in [0.15, 0.2) is 59.6 Å². The topological polar surface area (TPSA) is 86.6 Å². The van der Waals surface area contributed by atoms with Crippen LogP contribution >= 0.6 is 19.4 Å². The monoisotopic (exact) mass is 411 g/mol. The summed E-state index contributed by atoms with van der Waals surface area (Å²) in [6.07, 6.45) is 10.2. The summed E-state index contributed by atoms with van der Waals surface area (Å²) in [6, 6.07) is 5.48. The molecule has 0 bridgehead atoms. The van der Waals surface area contributed by atoms with Crippen molar-refractivity contribution in [2.75, 3.05) is 11.9 Å². The van der Waals surface area contributed by atoms with E-state index in [9.17, 15) is 13.8 Å². The van der Waals surface area contributed by atoms with Crippen LogP contribution in [0.4, 0.5) is 4.39 Å². The van der Waals surface area contributed by atoms with Crippen molar-refractivity contribution >= 4 is 25.3 Å². The molecule has 3 N–H and O–H groups in total. The molecular formula is C19H23FNO4PS. The average molecular weight is 411 g/mol. The van der Waals surface area contributed by atoms with Gasteiger partial charge >= 0.3 is 7.60 Å². The molecule has 1 amide bonds. The van der Waals surface area contributed by atoms with Gasteiger partial charge in [0.1, 0.15) is 5.82 Å². The van der Waals surface area contributed by atoms with Crippen LogP contribution in [-0.2, 0) is 15.8 Å². The van der Waals surface area contributed by atoms with Crippen LogP contribution in [0.25, 0.3) is 0 Å². The molecule has 0 fully saturated rings. The number of hydrogen-bond acceptors (Lipinski definition) is 3. The van der Waals surface area contributed by atoms with Gasteiger partial charge in [0.15, 0.2) is 0 Å². The van der Waals surface area contributed by atoms with E-state index in [-0.39, 0.29) is 24.3 Å². The van der Waals surface area contributed by atoms with Crippen molar-refractivity contribution in [3.8, 4) is 0 Å². The molecule has 146 valence electrons. The Labute approximate surface area is 162 Å². The fourth-order valence-electron chi connectivity index (χ4n) is 2.58. The summed E-state index contributed by atoms with van der Waals surface area (Å²) in [5.41, 5.74) is 0.660. The van der Waals surface area contributed by atoms with E-state index in [1.807, 2.05) is 30.4 Å². The summed E-state index contributed by atoms with van der Waals surface area (Å²) in [7, 11) is -4.19. The molecule has 1 aromatic carbocycles. The first-order valence-corrected chi connectivity index (χ1v) is 11.4. The fourth-order valence-corrected chi connectivity index (χ4v) is 4.01. The van der Waals surface area contributed by atoms with Crippen molar-refractivity contribution in [1.82, 2.24) is 5.32 Å². The molecule has 8 heteroatoms. The Balaban J connectivity index is 2.09. The van der Waals surface area contributed by atoms with E-state index < -0.39 is 13.6 Å². The summed E-state index contributed by atoms with van der Waals surface area (Å²) in [4.78, 5) is 31.5. The van der Waals surface area contributed by atoms with Gasteiger partial charge in [0.2, 0.25) is 0 Å². The summed E-state index contributed by atoms with van der Waals surface area (Å²) in [5, 5.41) is 2.85. The van der Waals surface area contributed by atoms with E-state index in [1.54, 1.807) is 12.1 Å². The molecule has 1 heterocycles. The number of benzene rings is 1. The van der Waals surface area contributed by atoms with E-state index in [0.717, 1.165) is 0 Å². The third kappa shape index (κ3) is 8.71. The molecule has 0 aromatic heterocycles. The Morgan fingerprint density at radius 2 is 2.07 bits per heavy atom. The Kier molecular flexibility index (Phi) is 8.51. The largest absolute Gasteiger partial charge is 0.349 e. The SMILES string of the molecule is O=C(NC(CCP(=O)(O)O)Cc1cccc(F)c1)/C1=C/C/C=C\C=C/CS1. The highest BCUT2D eigenvalue weighted by molar-refractivity contribution is 8.04. The van der Waals surface area contributed by atoms with Crippen molar-refractivity contribution in [2.24, 2.45) is 0 Å². The number of carbonyl (C=O) groups excluding carboxylic acids is 1. The quantitative estimate of drug-likeness (QED) is 0.598. The molecule has 1 aliphatic heterocycles. The number of rotatable bonds is 7. The normalized spacial score (nSPS) is 20.3. The van der Waals surface area contributed by atoms with Crippen molar-refractivity contribution in [1.29, 1.82) is 0 Å². The van der Waals surface area contributed by atoms with Gasteiger partial charge in [-0.25, -0.2) is 4.39 Å². The first-order chi connectivity index (χ1) is 12.8. The third-order valence-corrected chi connectivity index (χ3v) is 5.72. The van der Waals surface area contributed by atoms with E-state index >= 15 is 0 Å². The second-order valence-corrected chi connectivity index (χ2v) is 8.99. The number of hydrogen-bond donors (Lipinski definition) is 3. The summed E-state index contributed by atoms with van der Waals surface area (Å²) >= 11 is 1.40. The molecule has 0 radical (unpaired) electrons. The van der Waals surface area contributed by atoms with Crippen LogP contribution in [0.5, 0.6) is 0 Å². The van der Waals surface area contributed by atoms with Gasteiger partial charge in [-0.3, -0.25) is 9.36 Å². The van der Waals surface area contributed by atoms with Crippen molar-refractivity contribution in [3.63, 3.8) is 0 Å². The second-order valence-electron chi connectivity index (χ2n) is 6.15. The first kappa shape index (κ1) is 21.6. The van der Waals surface area contributed by atoms with Gasteiger partial charge in [-0.05, 0) is 37.0 Å². The lowest BCUT2D eigenvalue weighted by Crippen LogP contribution is -2.37. The van der Waals surface area contributed by atoms with Crippen LogP contribution in [0.2, 0.25) is 0 Å². The highest BCUT2D eigenvalue weighted by Gasteiger charge is 2.21. The number of halogens is 1. The predicted octanol–water partition coefficient (Wildman–Crippen LogP) is 3.55. The zero-order chi connectivity index (χ0) is 19.7. The summed E-state index contributed by atoms with van der Waals surface area (Å²) in [5.74, 6) is -0.0165. The predicted molar refractivity (Wildman–Crippen MR) is 107 cm³/mol. The smallest absolute Gasteiger partial charge is 0.325 e. The highest BCUT2D eigenvalue weighted by atomic mass is 32.2. The van der Waals surface area contributed by atoms with Crippen molar-refractivity contribution in [3.05, 3.63) is 70.9 Å². The standard InChI is InChI=1S/C19H23FNO4PS/c20-16-8-6-7-15(13-16)14-17(10-11-26(23,24)25)21-19(22)18-9-4-2-1-3-5-12-27-18/h1-3,5-9,13,17H,4,10-12,14H2,(H,21,22)(H2,23,24,25)/b2-1-,5-3-,18-9-. The summed E-state index contributed by atoms with van der Waals surface area (Å²) < 4.78 is 24.7. The minimum atomic E-state index is -4.19. The molecule has 5 nitrogen and oxygen atoms in total. The molecule has 27 heavy (non-hydrogen) atoms. The van der Waals surface area contributed by atoms with Crippen molar-refractivity contribution < 1.29 is 23.5 Å². The molecule has 0 spiro atoms. The van der Waals surface area contributed by atoms with Gasteiger partial charge in [-0.15, -0.1) is 11.8 Å². The van der Waals surface area contributed by atoms with Crippen molar-refractivity contribution in [2.45, 2.75) is 25.3 Å². The molecular weight excluding hydrogens is 388 g/mol. The number of thioether (sulfide) groups is 1. The number of nitrogens with one attached hydrogen (secondary N) is 1. The fraction of sp³-hybridized carbons (Fsp3) is 0.316. The maximum atomic E-state index is 13.4. The molecule has 0 aliphatic carbocycles. The van der Waals surface area contributed by atoms with Crippen LogP contribution in [0.3, 0.4) is 0 Å². The number of carbonyl (C=O) groups is 1. The lowest BCUT2D eigenvalue weighted by atomic mass is 10.0. The number of amides is 1. The van der Waals surface area contributed by atoms with Gasteiger partial charge in [0, 0.05) is 11.8 Å². The summed E-state index contributed by atoms with van der Waals surface area (Å²) in [6.45, 7) is 0. The van der Waals surface area contributed by atoms with Crippen LogP contribution in [0, 0.1) is 5.82 Å². The van der Waals surface area contributed by atoms with E-state index in [1.165, 1.54) is 23.9 Å². The van der Waals surface area contributed by atoms with E-state index in [0.29, 0.717) is 29.1 Å². The molecule has 0 saturated carbocycles. The van der Waals surface area contributed by atoms with Crippen LogP contribution in [0.1, 0.15) is 18.4 Å². The minimum Gasteiger partial charge on any atom is -0.349 e. The molecule has 1 aromatic rings. The Morgan fingerprint density at radius 3 is 2.81 bits per heavy atom. The van der Waals surface area contributed by atoms with E-state index in [4.69, 9.17) is 9.79 Å². The van der Waals surface area contributed by atoms with Crippen LogP contribution < -0.4 is 5.32 Å². The number of allylic oxidation sites excluding steroid dienone is 4. The highest BCUT2D eigenvalue weighted by Crippen LogP contribution is 2.35. The van der Waals surface area contributed by atoms with Gasteiger partial charge in [0.05, 0.1) is 11.1 Å². The molecule has 1 atom stereocenters. The average Bonchev–Trinajstić information content (AvgIpc) is 2.73. The maximum absolute atomic E-state index is 13.4. The zero-order valence-corrected chi connectivity index (χ0v) is 16.5. The maximum Gasteiger partial charge on any atom is 0.325 e. The lowest BCUT2D eigenvalue weighted by Gasteiger charge is -2.20. The third-order valence-electron chi connectivity index (χ3n) is 3.86. The Bertz CT molecular complexity index is 788. The van der Waals surface area contributed by atoms with Gasteiger partial charge in [-0.2, -0.15) is 0 Å². The van der Waals surface area contributed by atoms with Crippen LogP contribution in [-0.4, -0.2) is 33.7 Å². The molecule has 2 rings (SSSR count). The van der Waals surface area contributed by atoms with Gasteiger partial charge in [0.25, 0.3) is 5.91 Å². The minimum absolute atomic E-state index is 0.101. The van der Waals surface area contributed by atoms with Gasteiger partial charge < -0.3 is 15.1 Å². The lowest BCUT2D eigenvalue weighted by molar-refractivity contribution is -0.117. The molecule has 1 aliphatic rings. The Hall–Kier alpha value is -1.66. The molecule has 1 unspecified atom stereocenters. The Morgan fingerprint density at radius 1 is 1.30 bits per heavy atom. The first-order valence-electron chi connectivity index (χ1n) is 8.58. The molecule has 0 saturated heterocycles. The van der Waals surface area contributed by atoms with Gasteiger partial charge in [-0.1, -0.05) is 42.5 Å². The van der Waals surface area contributed by atoms with E-state index in [2.05, 4.69) is 5.32 Å².